The Morgan fingerprint density at radius 3 is 2.76 bits per heavy atom. The van der Waals surface area contributed by atoms with Crippen molar-refractivity contribution in [2.24, 2.45) is 0 Å². The van der Waals surface area contributed by atoms with Crippen LogP contribution in [0.3, 0.4) is 0 Å². The first-order valence-corrected chi connectivity index (χ1v) is 6.88. The van der Waals surface area contributed by atoms with E-state index in [1.165, 1.54) is 0 Å². The van der Waals surface area contributed by atoms with Crippen LogP contribution >= 0.6 is 12.4 Å². The van der Waals surface area contributed by atoms with Gasteiger partial charge in [0.1, 0.15) is 5.75 Å². The molecule has 1 aliphatic heterocycles. The molecule has 1 heterocycles. The lowest BCUT2D eigenvalue weighted by atomic mass is 10.0. The van der Waals surface area contributed by atoms with Gasteiger partial charge < -0.3 is 25.8 Å². The van der Waals surface area contributed by atoms with Crippen LogP contribution in [0.5, 0.6) is 5.75 Å². The summed E-state index contributed by atoms with van der Waals surface area (Å²) in [5.74, 6) is 0.769. The van der Waals surface area contributed by atoms with Crippen molar-refractivity contribution in [2.45, 2.75) is 25.5 Å². The van der Waals surface area contributed by atoms with Crippen LogP contribution in [0, 0.1) is 0 Å². The molecule has 1 fully saturated rings. The minimum Gasteiger partial charge on any atom is -0.494 e. The van der Waals surface area contributed by atoms with Crippen LogP contribution in [-0.4, -0.2) is 43.0 Å². The van der Waals surface area contributed by atoms with E-state index in [0.717, 1.165) is 12.3 Å². The SMILES string of the molecule is CCOc1ccc(NC(=O)N[C@@H]2CNCC[C@H]2O)cc1.Cl. The van der Waals surface area contributed by atoms with Gasteiger partial charge in [-0.2, -0.15) is 0 Å². The first-order valence-electron chi connectivity index (χ1n) is 6.88. The zero-order valence-corrected chi connectivity index (χ0v) is 12.8. The monoisotopic (exact) mass is 315 g/mol. The van der Waals surface area contributed by atoms with Crippen LogP contribution in [0.4, 0.5) is 10.5 Å². The summed E-state index contributed by atoms with van der Waals surface area (Å²) >= 11 is 0. The van der Waals surface area contributed by atoms with Gasteiger partial charge in [0.05, 0.1) is 18.8 Å². The number of carbonyl (C=O) groups excluding carboxylic acids is 1. The molecule has 118 valence electrons. The van der Waals surface area contributed by atoms with Crippen molar-refractivity contribution in [1.29, 1.82) is 0 Å². The fourth-order valence-electron chi connectivity index (χ4n) is 2.13. The minimum absolute atomic E-state index is 0. The summed E-state index contributed by atoms with van der Waals surface area (Å²) < 4.78 is 5.33. The van der Waals surface area contributed by atoms with Crippen molar-refractivity contribution in [3.8, 4) is 5.75 Å². The lowest BCUT2D eigenvalue weighted by Crippen LogP contribution is -2.54. The number of piperidine rings is 1. The van der Waals surface area contributed by atoms with Gasteiger partial charge in [-0.1, -0.05) is 0 Å². The maximum absolute atomic E-state index is 11.8. The lowest BCUT2D eigenvalue weighted by molar-refractivity contribution is 0.103. The molecule has 0 saturated carbocycles. The molecule has 0 spiro atoms. The summed E-state index contributed by atoms with van der Waals surface area (Å²) in [4.78, 5) is 11.8. The summed E-state index contributed by atoms with van der Waals surface area (Å²) in [6.45, 7) is 3.89. The quantitative estimate of drug-likeness (QED) is 0.676. The molecule has 2 atom stereocenters. The average molecular weight is 316 g/mol. The van der Waals surface area contributed by atoms with Crippen LogP contribution in [0.2, 0.25) is 0 Å². The van der Waals surface area contributed by atoms with E-state index < -0.39 is 6.10 Å². The molecule has 1 aromatic carbocycles. The van der Waals surface area contributed by atoms with Gasteiger partial charge in [-0.3, -0.25) is 0 Å². The Kier molecular flexibility index (Phi) is 7.28. The number of carbonyl (C=O) groups is 1. The van der Waals surface area contributed by atoms with E-state index in [1.54, 1.807) is 24.3 Å². The predicted octanol–water partition coefficient (Wildman–Crippen LogP) is 1.35. The summed E-state index contributed by atoms with van der Waals surface area (Å²) in [6.07, 6.45) is 0.149. The lowest BCUT2D eigenvalue weighted by Gasteiger charge is -2.29. The number of ether oxygens (including phenoxy) is 1. The van der Waals surface area contributed by atoms with Gasteiger partial charge in [-0.25, -0.2) is 4.79 Å². The van der Waals surface area contributed by atoms with Crippen molar-refractivity contribution in [3.63, 3.8) is 0 Å². The van der Waals surface area contributed by atoms with E-state index in [2.05, 4.69) is 16.0 Å². The second kappa shape index (κ2) is 8.71. The van der Waals surface area contributed by atoms with Crippen LogP contribution < -0.4 is 20.7 Å². The molecule has 2 rings (SSSR count). The summed E-state index contributed by atoms with van der Waals surface area (Å²) in [7, 11) is 0. The van der Waals surface area contributed by atoms with Gasteiger partial charge in [0.15, 0.2) is 0 Å². The summed E-state index contributed by atoms with van der Waals surface area (Å²) in [6, 6.07) is 6.58. The maximum Gasteiger partial charge on any atom is 0.319 e. The molecule has 0 bridgehead atoms. The number of nitrogens with one attached hydrogen (secondary N) is 3. The van der Waals surface area contributed by atoms with E-state index in [4.69, 9.17) is 4.74 Å². The molecule has 1 aliphatic rings. The molecule has 2 amide bonds. The van der Waals surface area contributed by atoms with E-state index in [0.29, 0.717) is 25.3 Å². The molecule has 1 aromatic rings. The fourth-order valence-corrected chi connectivity index (χ4v) is 2.13. The molecule has 21 heavy (non-hydrogen) atoms. The number of aliphatic hydroxyl groups excluding tert-OH is 1. The molecule has 4 N–H and O–H groups in total. The molecule has 0 unspecified atom stereocenters. The van der Waals surface area contributed by atoms with Crippen LogP contribution in [0.25, 0.3) is 0 Å². The Labute approximate surface area is 130 Å². The van der Waals surface area contributed by atoms with Gasteiger partial charge in [0.25, 0.3) is 0 Å². The molecule has 0 radical (unpaired) electrons. The number of anilines is 1. The van der Waals surface area contributed by atoms with E-state index >= 15 is 0 Å². The van der Waals surface area contributed by atoms with Crippen molar-refractivity contribution >= 4 is 24.1 Å². The number of hydrogen-bond acceptors (Lipinski definition) is 4. The molecule has 6 nitrogen and oxygen atoms in total. The normalized spacial score (nSPS) is 21.0. The van der Waals surface area contributed by atoms with Crippen molar-refractivity contribution in [1.82, 2.24) is 10.6 Å². The van der Waals surface area contributed by atoms with Crippen LogP contribution in [-0.2, 0) is 0 Å². The first-order chi connectivity index (χ1) is 9.69. The Morgan fingerprint density at radius 2 is 2.14 bits per heavy atom. The molecule has 0 aliphatic carbocycles. The Morgan fingerprint density at radius 1 is 1.43 bits per heavy atom. The standard InChI is InChI=1S/C14H21N3O3.ClH/c1-2-20-11-5-3-10(4-6-11)16-14(19)17-12-9-15-8-7-13(12)18;/h3-6,12-13,15,18H,2,7-9H2,1H3,(H2,16,17,19);1H/t12-,13-;/m1./s1. The zero-order valence-electron chi connectivity index (χ0n) is 12.0. The van der Waals surface area contributed by atoms with Gasteiger partial charge in [-0.15, -0.1) is 12.4 Å². The highest BCUT2D eigenvalue weighted by Gasteiger charge is 2.24. The highest BCUT2D eigenvalue weighted by atomic mass is 35.5. The van der Waals surface area contributed by atoms with Gasteiger partial charge in [0.2, 0.25) is 0 Å². The first kappa shape index (κ1) is 17.6. The minimum atomic E-state index is -0.498. The number of rotatable bonds is 4. The third kappa shape index (κ3) is 5.41. The van der Waals surface area contributed by atoms with Gasteiger partial charge in [-0.05, 0) is 44.2 Å². The summed E-state index contributed by atoms with van der Waals surface area (Å²) in [5, 5.41) is 18.4. The second-order valence-electron chi connectivity index (χ2n) is 4.72. The number of urea groups is 1. The van der Waals surface area contributed by atoms with Gasteiger partial charge in [0, 0.05) is 12.2 Å². The maximum atomic E-state index is 11.8. The topological polar surface area (TPSA) is 82.6 Å². The van der Waals surface area contributed by atoms with E-state index in [9.17, 15) is 9.90 Å². The third-order valence-corrected chi connectivity index (χ3v) is 3.19. The van der Waals surface area contributed by atoms with E-state index in [1.807, 2.05) is 6.92 Å². The zero-order chi connectivity index (χ0) is 14.4. The van der Waals surface area contributed by atoms with Crippen molar-refractivity contribution in [2.75, 3.05) is 25.0 Å². The molecular weight excluding hydrogens is 294 g/mol. The molecule has 7 heteroatoms. The molecular formula is C14H22ClN3O3. The van der Waals surface area contributed by atoms with Crippen LogP contribution in [0.1, 0.15) is 13.3 Å². The largest absolute Gasteiger partial charge is 0.494 e. The number of hydrogen-bond donors (Lipinski definition) is 4. The Balaban J connectivity index is 0.00000220. The second-order valence-corrected chi connectivity index (χ2v) is 4.72. The number of aliphatic hydroxyl groups is 1. The van der Waals surface area contributed by atoms with Crippen molar-refractivity contribution < 1.29 is 14.6 Å². The smallest absolute Gasteiger partial charge is 0.319 e. The van der Waals surface area contributed by atoms with E-state index in [-0.39, 0.29) is 24.5 Å². The number of benzene rings is 1. The predicted molar refractivity (Wildman–Crippen MR) is 84.3 cm³/mol. The van der Waals surface area contributed by atoms with Crippen molar-refractivity contribution in [3.05, 3.63) is 24.3 Å². The highest BCUT2D eigenvalue weighted by Crippen LogP contribution is 2.15. The van der Waals surface area contributed by atoms with Crippen LogP contribution in [0.15, 0.2) is 24.3 Å². The van der Waals surface area contributed by atoms with Gasteiger partial charge >= 0.3 is 6.03 Å². The average Bonchev–Trinajstić information content (AvgIpc) is 2.44. The Hall–Kier alpha value is -1.50. The summed E-state index contributed by atoms with van der Waals surface area (Å²) in [5.41, 5.74) is 0.684. The number of halogens is 1. The molecule has 0 aromatic heterocycles. The number of amides is 2. The fraction of sp³-hybridized carbons (Fsp3) is 0.500. The highest BCUT2D eigenvalue weighted by molar-refractivity contribution is 5.89. The molecule has 1 saturated heterocycles. The third-order valence-electron chi connectivity index (χ3n) is 3.19. The Bertz CT molecular complexity index is 442.